The lowest BCUT2D eigenvalue weighted by atomic mass is 10.1. The van der Waals surface area contributed by atoms with E-state index in [4.69, 9.17) is 0 Å². The van der Waals surface area contributed by atoms with E-state index >= 15 is 0 Å². The number of hydrogen-bond acceptors (Lipinski definition) is 8. The summed E-state index contributed by atoms with van der Waals surface area (Å²) in [6.07, 6.45) is 10.1. The Morgan fingerprint density at radius 2 is 0.732 bits per heavy atom. The Balaban J connectivity index is 2.88. The number of rotatable bonds is 16. The zero-order valence-electron chi connectivity index (χ0n) is 27.2. The molecule has 0 saturated carbocycles. The molecule has 0 aliphatic carbocycles. The molecule has 1 fully saturated rings. The Bertz CT molecular complexity index is 701. The van der Waals surface area contributed by atoms with Gasteiger partial charge in [0.05, 0.1) is 19.6 Å². The first-order valence-corrected chi connectivity index (χ1v) is 16.3. The Kier molecular flexibility index (Phi) is 20.4. The van der Waals surface area contributed by atoms with Crippen molar-refractivity contribution in [2.45, 2.75) is 51.4 Å². The average molecular weight is 600 g/mol. The molecule has 1 aliphatic heterocycles. The van der Waals surface area contributed by atoms with Crippen LogP contribution in [0.1, 0.15) is 51.4 Å². The fourth-order valence-electron chi connectivity index (χ4n) is 4.78. The molecular weight excluding hydrogens is 538 g/mol. The maximum absolute atomic E-state index is 12.6. The highest BCUT2D eigenvalue weighted by Crippen LogP contribution is 2.10. The quantitative estimate of drug-likeness (QED) is 0.213. The molecule has 0 atom stereocenters. The van der Waals surface area contributed by atoms with Gasteiger partial charge in [-0.05, 0) is 25.1 Å². The van der Waals surface area contributed by atoms with Crippen molar-refractivity contribution in [2.24, 2.45) is 0 Å². The number of hydrogen-bond donors (Lipinski definition) is 1. The normalized spacial score (nSPS) is 17.0. The van der Waals surface area contributed by atoms with Gasteiger partial charge in [0.1, 0.15) is 0 Å². The third kappa shape index (κ3) is 18.0. The van der Waals surface area contributed by atoms with Crippen LogP contribution in [0.25, 0.3) is 0 Å². The molecule has 0 aromatic rings. The van der Waals surface area contributed by atoms with Gasteiger partial charge in [-0.15, -0.1) is 0 Å². The standard InChI is InChI=1S/C30H61N7O3S/c1-31(2)28(38)25-35-18-16-34(15-13-11-9-7-8-10-12-14-24-41)17-19-36(26-29(39)32(3)4)21-23-37(22-20-35)27-30(40)33(5)6/h41H,7-27H2,1-6H3. The monoisotopic (exact) mass is 599 g/mol. The van der Waals surface area contributed by atoms with Crippen molar-refractivity contribution in [3.8, 4) is 0 Å². The second-order valence-electron chi connectivity index (χ2n) is 12.1. The lowest BCUT2D eigenvalue weighted by Crippen LogP contribution is -2.50. The number of nitrogens with zero attached hydrogens (tertiary/aromatic N) is 7. The summed E-state index contributed by atoms with van der Waals surface area (Å²) in [4.78, 5) is 51.9. The van der Waals surface area contributed by atoms with E-state index < -0.39 is 0 Å². The molecule has 11 heteroatoms. The van der Waals surface area contributed by atoms with Gasteiger partial charge in [0.25, 0.3) is 0 Å². The largest absolute Gasteiger partial charge is 0.348 e. The van der Waals surface area contributed by atoms with Crippen molar-refractivity contribution >= 4 is 30.4 Å². The third-order valence-electron chi connectivity index (χ3n) is 7.89. The van der Waals surface area contributed by atoms with Gasteiger partial charge in [-0.2, -0.15) is 12.6 Å². The van der Waals surface area contributed by atoms with Crippen LogP contribution in [0.4, 0.5) is 0 Å². The first-order valence-electron chi connectivity index (χ1n) is 15.6. The van der Waals surface area contributed by atoms with Crippen LogP contribution in [-0.4, -0.2) is 179 Å². The molecule has 0 N–H and O–H groups in total. The van der Waals surface area contributed by atoms with Gasteiger partial charge in [-0.25, -0.2) is 0 Å². The van der Waals surface area contributed by atoms with E-state index in [-0.39, 0.29) is 17.7 Å². The van der Waals surface area contributed by atoms with Crippen molar-refractivity contribution in [1.29, 1.82) is 0 Å². The maximum Gasteiger partial charge on any atom is 0.236 e. The van der Waals surface area contributed by atoms with Crippen molar-refractivity contribution in [1.82, 2.24) is 34.3 Å². The summed E-state index contributed by atoms with van der Waals surface area (Å²) in [5, 5.41) is 0. The smallest absolute Gasteiger partial charge is 0.236 e. The van der Waals surface area contributed by atoms with Gasteiger partial charge in [0.2, 0.25) is 17.7 Å². The second kappa shape index (κ2) is 22.2. The lowest BCUT2D eigenvalue weighted by molar-refractivity contribution is -0.132. The van der Waals surface area contributed by atoms with Gasteiger partial charge in [-0.1, -0.05) is 38.5 Å². The molecule has 0 aromatic carbocycles. The van der Waals surface area contributed by atoms with Gasteiger partial charge < -0.3 is 19.6 Å². The summed E-state index contributed by atoms with van der Waals surface area (Å²) in [5.41, 5.74) is 0. The van der Waals surface area contributed by atoms with E-state index in [0.717, 1.165) is 51.6 Å². The first kappa shape index (κ1) is 37.6. The van der Waals surface area contributed by atoms with Crippen LogP contribution in [0.2, 0.25) is 0 Å². The maximum atomic E-state index is 12.6. The Morgan fingerprint density at radius 1 is 0.463 bits per heavy atom. The molecule has 10 nitrogen and oxygen atoms in total. The Hall–Kier alpha value is -1.40. The molecule has 0 aromatic heterocycles. The number of carbonyl (C=O) groups excluding carboxylic acids is 3. The van der Waals surface area contributed by atoms with E-state index in [1.807, 2.05) is 0 Å². The molecule has 0 spiro atoms. The van der Waals surface area contributed by atoms with Crippen molar-refractivity contribution in [2.75, 3.05) is 127 Å². The molecule has 0 bridgehead atoms. The summed E-state index contributed by atoms with van der Waals surface area (Å²) < 4.78 is 0. The SMILES string of the molecule is CN(C)C(=O)CN1CCN(CCCCCCCCCCS)CCN(CC(=O)N(C)C)CCN(CC(=O)N(C)C)CC1. The highest BCUT2D eigenvalue weighted by atomic mass is 32.1. The number of likely N-dealkylation sites (N-methyl/N-ethyl adjacent to an activating group) is 3. The minimum absolute atomic E-state index is 0.0627. The molecule has 0 unspecified atom stereocenters. The number of amides is 3. The minimum Gasteiger partial charge on any atom is -0.348 e. The van der Waals surface area contributed by atoms with Gasteiger partial charge in [-0.3, -0.25) is 29.1 Å². The highest BCUT2D eigenvalue weighted by Gasteiger charge is 2.21. The van der Waals surface area contributed by atoms with Gasteiger partial charge >= 0.3 is 0 Å². The number of carbonyl (C=O) groups is 3. The van der Waals surface area contributed by atoms with Gasteiger partial charge in [0, 0.05) is 94.6 Å². The fraction of sp³-hybridized carbons (Fsp3) is 0.900. The topological polar surface area (TPSA) is 73.9 Å². The lowest BCUT2D eigenvalue weighted by Gasteiger charge is -2.34. The molecule has 0 radical (unpaired) electrons. The van der Waals surface area contributed by atoms with Gasteiger partial charge in [0.15, 0.2) is 0 Å². The average Bonchev–Trinajstić information content (AvgIpc) is 2.92. The van der Waals surface area contributed by atoms with E-state index in [2.05, 4.69) is 32.2 Å². The molecule has 3 amide bonds. The number of thiol groups is 1. The predicted octanol–water partition coefficient (Wildman–Crippen LogP) is 1.52. The molecule has 41 heavy (non-hydrogen) atoms. The van der Waals surface area contributed by atoms with E-state index in [9.17, 15) is 14.4 Å². The zero-order chi connectivity index (χ0) is 30.6. The molecule has 1 aliphatic rings. The van der Waals surface area contributed by atoms with E-state index in [1.165, 1.54) is 51.4 Å². The zero-order valence-corrected chi connectivity index (χ0v) is 28.0. The molecule has 240 valence electrons. The molecular formula is C30H61N7O3S. The van der Waals surface area contributed by atoms with Crippen LogP contribution in [0.3, 0.4) is 0 Å². The highest BCUT2D eigenvalue weighted by molar-refractivity contribution is 7.80. The van der Waals surface area contributed by atoms with Crippen LogP contribution in [0, 0.1) is 0 Å². The second-order valence-corrected chi connectivity index (χ2v) is 12.5. The number of unbranched alkanes of at least 4 members (excludes halogenated alkanes) is 7. The molecule has 1 saturated heterocycles. The van der Waals surface area contributed by atoms with Crippen molar-refractivity contribution in [3.05, 3.63) is 0 Å². The Labute approximate surface area is 256 Å². The Morgan fingerprint density at radius 3 is 1.02 bits per heavy atom. The molecule has 1 rings (SSSR count). The predicted molar refractivity (Wildman–Crippen MR) is 173 cm³/mol. The summed E-state index contributed by atoms with van der Waals surface area (Å²) in [7, 11) is 10.8. The summed E-state index contributed by atoms with van der Waals surface area (Å²) in [5.74, 6) is 1.25. The van der Waals surface area contributed by atoms with Crippen LogP contribution in [-0.2, 0) is 14.4 Å². The van der Waals surface area contributed by atoms with Crippen molar-refractivity contribution in [3.63, 3.8) is 0 Å². The summed E-state index contributed by atoms with van der Waals surface area (Å²) in [6.45, 7) is 8.34. The summed E-state index contributed by atoms with van der Waals surface area (Å²) in [6, 6.07) is 0. The fourth-order valence-corrected chi connectivity index (χ4v) is 5.01. The van der Waals surface area contributed by atoms with Crippen LogP contribution >= 0.6 is 12.6 Å². The van der Waals surface area contributed by atoms with Crippen molar-refractivity contribution < 1.29 is 14.4 Å². The van der Waals surface area contributed by atoms with E-state index in [1.54, 1.807) is 57.0 Å². The summed E-state index contributed by atoms with van der Waals surface area (Å²) >= 11 is 4.30. The van der Waals surface area contributed by atoms with E-state index in [0.29, 0.717) is 32.7 Å². The van der Waals surface area contributed by atoms with Crippen LogP contribution in [0.5, 0.6) is 0 Å². The third-order valence-corrected chi connectivity index (χ3v) is 8.20. The molecule has 1 heterocycles. The van der Waals surface area contributed by atoms with Crippen LogP contribution < -0.4 is 0 Å². The minimum atomic E-state index is 0.0627. The van der Waals surface area contributed by atoms with Crippen LogP contribution in [0.15, 0.2) is 0 Å². The first-order chi connectivity index (χ1) is 19.5.